The summed E-state index contributed by atoms with van der Waals surface area (Å²) in [5.74, 6) is 1.96. The molecule has 0 radical (unpaired) electrons. The number of benzene rings is 2. The van der Waals surface area contributed by atoms with Gasteiger partial charge in [0, 0.05) is 6.04 Å². The molecule has 116 valence electrons. The number of hydrogen-bond donors (Lipinski definition) is 1. The van der Waals surface area contributed by atoms with Crippen LogP contribution in [0.3, 0.4) is 0 Å². The number of rotatable bonds is 6. The highest BCUT2D eigenvalue weighted by Crippen LogP contribution is 2.47. The van der Waals surface area contributed by atoms with Gasteiger partial charge in [-0.2, -0.15) is 0 Å². The van der Waals surface area contributed by atoms with Crippen LogP contribution in [0.4, 0.5) is 4.39 Å². The molecule has 0 bridgehead atoms. The Labute approximate surface area is 131 Å². The highest BCUT2D eigenvalue weighted by atomic mass is 19.1. The Morgan fingerprint density at radius 3 is 2.73 bits per heavy atom. The van der Waals surface area contributed by atoms with Gasteiger partial charge >= 0.3 is 0 Å². The van der Waals surface area contributed by atoms with Gasteiger partial charge in [0.05, 0.1) is 7.11 Å². The normalized spacial score (nSPS) is 21.4. The molecule has 2 aromatic rings. The first-order chi connectivity index (χ1) is 10.7. The molecule has 0 aromatic heterocycles. The van der Waals surface area contributed by atoms with Crippen LogP contribution in [0.25, 0.3) is 0 Å². The molecule has 2 unspecified atom stereocenters. The van der Waals surface area contributed by atoms with E-state index in [-0.39, 0.29) is 5.82 Å². The molecule has 0 aliphatic heterocycles. The van der Waals surface area contributed by atoms with E-state index in [0.717, 1.165) is 12.3 Å². The van der Waals surface area contributed by atoms with Gasteiger partial charge in [-0.1, -0.05) is 24.3 Å². The van der Waals surface area contributed by atoms with E-state index in [1.807, 2.05) is 24.3 Å². The third kappa shape index (κ3) is 3.47. The van der Waals surface area contributed by atoms with E-state index < -0.39 is 0 Å². The predicted octanol–water partition coefficient (Wildman–Crippen LogP) is 4.29. The molecule has 1 N–H and O–H groups in total. The number of nitrogens with one attached hydrogen (secondary N) is 1. The van der Waals surface area contributed by atoms with Gasteiger partial charge in [0.1, 0.15) is 11.6 Å². The van der Waals surface area contributed by atoms with Crippen molar-refractivity contribution in [2.45, 2.75) is 25.3 Å². The molecule has 0 heterocycles. The van der Waals surface area contributed by atoms with E-state index >= 15 is 0 Å². The van der Waals surface area contributed by atoms with Crippen LogP contribution in [0.2, 0.25) is 0 Å². The first-order valence-corrected chi connectivity index (χ1v) is 7.80. The van der Waals surface area contributed by atoms with Crippen molar-refractivity contribution in [3.8, 4) is 5.75 Å². The number of hydrogen-bond acceptors (Lipinski definition) is 2. The fraction of sp³-hybridized carbons (Fsp3) is 0.368. The maximum absolute atomic E-state index is 12.9. The van der Waals surface area contributed by atoms with Crippen molar-refractivity contribution in [3.63, 3.8) is 0 Å². The Kier molecular flexibility index (Phi) is 4.44. The molecule has 1 aliphatic rings. The smallest absolute Gasteiger partial charge is 0.123 e. The molecule has 2 nitrogen and oxygen atoms in total. The van der Waals surface area contributed by atoms with Crippen molar-refractivity contribution in [1.82, 2.24) is 5.32 Å². The van der Waals surface area contributed by atoms with Crippen LogP contribution in [-0.4, -0.2) is 13.7 Å². The average Bonchev–Trinajstić information content (AvgIpc) is 3.33. The van der Waals surface area contributed by atoms with Crippen molar-refractivity contribution in [2.24, 2.45) is 5.92 Å². The van der Waals surface area contributed by atoms with Crippen LogP contribution in [0.1, 0.15) is 36.4 Å². The van der Waals surface area contributed by atoms with E-state index in [9.17, 15) is 4.39 Å². The summed E-state index contributed by atoms with van der Waals surface area (Å²) in [4.78, 5) is 0. The third-order valence-corrected chi connectivity index (χ3v) is 4.50. The summed E-state index contributed by atoms with van der Waals surface area (Å²) in [6.45, 7) is 3.16. The minimum absolute atomic E-state index is 0.161. The van der Waals surface area contributed by atoms with E-state index in [1.165, 1.54) is 17.5 Å². The van der Waals surface area contributed by atoms with E-state index in [1.54, 1.807) is 19.2 Å². The molecular formula is C19H22FNO. The summed E-state index contributed by atoms with van der Waals surface area (Å²) in [7, 11) is 1.69. The van der Waals surface area contributed by atoms with Crippen molar-refractivity contribution in [2.75, 3.05) is 13.7 Å². The van der Waals surface area contributed by atoms with Crippen LogP contribution < -0.4 is 10.1 Å². The second-order valence-corrected chi connectivity index (χ2v) is 6.06. The first kappa shape index (κ1) is 15.0. The van der Waals surface area contributed by atoms with E-state index in [4.69, 9.17) is 4.74 Å². The van der Waals surface area contributed by atoms with Crippen LogP contribution >= 0.6 is 0 Å². The highest BCUT2D eigenvalue weighted by Gasteiger charge is 2.37. The lowest BCUT2D eigenvalue weighted by molar-refractivity contribution is 0.413. The quantitative estimate of drug-likeness (QED) is 0.859. The van der Waals surface area contributed by atoms with Crippen LogP contribution in [0.15, 0.2) is 48.5 Å². The molecule has 3 rings (SSSR count). The van der Waals surface area contributed by atoms with Crippen LogP contribution in [0.5, 0.6) is 5.75 Å². The second-order valence-electron chi connectivity index (χ2n) is 6.06. The van der Waals surface area contributed by atoms with Crippen molar-refractivity contribution in [1.29, 1.82) is 0 Å². The Morgan fingerprint density at radius 1 is 1.23 bits per heavy atom. The van der Waals surface area contributed by atoms with Gasteiger partial charge in [-0.05, 0) is 67.1 Å². The first-order valence-electron chi connectivity index (χ1n) is 7.80. The van der Waals surface area contributed by atoms with Gasteiger partial charge in [-0.3, -0.25) is 0 Å². The standard InChI is InChI=1S/C19H22FNO/c1-13(15-4-3-5-18(10-15)22-2)21-12-16-11-19(16)14-6-8-17(20)9-7-14/h3-10,13,16,19,21H,11-12H2,1-2H3/t13-,16?,19?/m1/s1. The predicted molar refractivity (Wildman–Crippen MR) is 86.7 cm³/mol. The maximum Gasteiger partial charge on any atom is 0.123 e. The molecule has 1 fully saturated rings. The summed E-state index contributed by atoms with van der Waals surface area (Å²) in [6, 6.07) is 15.4. The molecule has 22 heavy (non-hydrogen) atoms. The summed E-state index contributed by atoms with van der Waals surface area (Å²) in [5, 5.41) is 3.59. The lowest BCUT2D eigenvalue weighted by atomic mass is 10.1. The molecule has 3 atom stereocenters. The van der Waals surface area contributed by atoms with Gasteiger partial charge in [-0.15, -0.1) is 0 Å². The molecule has 3 heteroatoms. The Hall–Kier alpha value is -1.87. The zero-order chi connectivity index (χ0) is 15.5. The van der Waals surface area contributed by atoms with Crippen molar-refractivity contribution >= 4 is 0 Å². The van der Waals surface area contributed by atoms with Crippen LogP contribution in [0, 0.1) is 11.7 Å². The summed E-state index contributed by atoms with van der Waals surface area (Å²) < 4.78 is 18.2. The summed E-state index contributed by atoms with van der Waals surface area (Å²) in [6.07, 6.45) is 1.18. The molecule has 0 amide bonds. The maximum atomic E-state index is 12.9. The molecule has 2 aromatic carbocycles. The average molecular weight is 299 g/mol. The van der Waals surface area contributed by atoms with Gasteiger partial charge < -0.3 is 10.1 Å². The lowest BCUT2D eigenvalue weighted by Crippen LogP contribution is -2.21. The Balaban J connectivity index is 1.52. The molecule has 0 saturated heterocycles. The molecule has 0 spiro atoms. The van der Waals surface area contributed by atoms with Crippen molar-refractivity contribution < 1.29 is 9.13 Å². The fourth-order valence-electron chi connectivity index (χ4n) is 2.95. The number of ether oxygens (including phenoxy) is 1. The lowest BCUT2D eigenvalue weighted by Gasteiger charge is -2.15. The van der Waals surface area contributed by atoms with Gasteiger partial charge in [0.15, 0.2) is 0 Å². The summed E-state index contributed by atoms with van der Waals surface area (Å²) >= 11 is 0. The highest BCUT2D eigenvalue weighted by molar-refractivity contribution is 5.30. The number of methoxy groups -OCH3 is 1. The minimum Gasteiger partial charge on any atom is -0.497 e. The Morgan fingerprint density at radius 2 is 2.00 bits per heavy atom. The molecular weight excluding hydrogens is 277 g/mol. The van der Waals surface area contributed by atoms with Crippen molar-refractivity contribution in [3.05, 3.63) is 65.5 Å². The minimum atomic E-state index is -0.161. The van der Waals surface area contributed by atoms with Gasteiger partial charge in [0.2, 0.25) is 0 Å². The van der Waals surface area contributed by atoms with Crippen LogP contribution in [-0.2, 0) is 0 Å². The largest absolute Gasteiger partial charge is 0.497 e. The fourth-order valence-corrected chi connectivity index (χ4v) is 2.95. The van der Waals surface area contributed by atoms with Gasteiger partial charge in [0.25, 0.3) is 0 Å². The monoisotopic (exact) mass is 299 g/mol. The second kappa shape index (κ2) is 6.49. The van der Waals surface area contributed by atoms with E-state index in [2.05, 4.69) is 24.4 Å². The SMILES string of the molecule is COc1cccc([C@@H](C)NCC2CC2c2ccc(F)cc2)c1. The molecule has 1 saturated carbocycles. The van der Waals surface area contributed by atoms with Gasteiger partial charge in [-0.25, -0.2) is 4.39 Å². The zero-order valence-corrected chi connectivity index (χ0v) is 13.1. The topological polar surface area (TPSA) is 21.3 Å². The third-order valence-electron chi connectivity index (χ3n) is 4.50. The molecule has 1 aliphatic carbocycles. The van der Waals surface area contributed by atoms with E-state index in [0.29, 0.717) is 17.9 Å². The number of halogens is 1. The Bertz CT molecular complexity index is 626. The summed E-state index contributed by atoms with van der Waals surface area (Å²) in [5.41, 5.74) is 2.49. The zero-order valence-electron chi connectivity index (χ0n) is 13.1.